The van der Waals surface area contributed by atoms with E-state index in [-0.39, 0.29) is 17.0 Å². The molecule has 0 fully saturated rings. The van der Waals surface area contributed by atoms with Crippen LogP contribution in [0.25, 0.3) is 5.57 Å². The Hall–Kier alpha value is -1.69. The second-order valence-electron chi connectivity index (χ2n) is 3.34. The number of aliphatic hydroxyl groups excluding tert-OH is 1. The summed E-state index contributed by atoms with van der Waals surface area (Å²) >= 11 is 0. The molecule has 1 unspecified atom stereocenters. The Bertz CT molecular complexity index is 454. The summed E-state index contributed by atoms with van der Waals surface area (Å²) in [5.41, 5.74) is 4.66. The molecule has 0 spiro atoms. The number of fused-ring (bicyclic) bond motifs is 1. The van der Waals surface area contributed by atoms with E-state index in [1.165, 1.54) is 18.2 Å². The number of aliphatic hydroxyl groups is 1. The van der Waals surface area contributed by atoms with E-state index in [4.69, 9.17) is 15.6 Å². The summed E-state index contributed by atoms with van der Waals surface area (Å²) in [4.78, 5) is 0. The molecule has 1 aliphatic rings. The molecule has 1 heterocycles. The van der Waals surface area contributed by atoms with Gasteiger partial charge in [-0.3, -0.25) is 0 Å². The van der Waals surface area contributed by atoms with Crippen molar-refractivity contribution in [2.24, 2.45) is 0 Å². The van der Waals surface area contributed by atoms with Crippen LogP contribution in [0.5, 0.6) is 5.75 Å². The lowest BCUT2D eigenvalue weighted by Gasteiger charge is -2.23. The second kappa shape index (κ2) is 3.41. The van der Waals surface area contributed by atoms with Crippen LogP contribution in [0.1, 0.15) is 5.56 Å². The standard InChI is InChI=1S/C10H8F3NO2/c11-10(12,13)7-4-9(15)16-8-3-5(14)1-2-6(7)8/h1-4,9,15H,14H2. The van der Waals surface area contributed by atoms with Gasteiger partial charge in [-0.05, 0) is 18.2 Å². The minimum atomic E-state index is -4.53. The van der Waals surface area contributed by atoms with Crippen molar-refractivity contribution in [1.82, 2.24) is 0 Å². The minimum Gasteiger partial charge on any atom is -0.461 e. The van der Waals surface area contributed by atoms with E-state index in [2.05, 4.69) is 0 Å². The molecule has 1 aromatic rings. The van der Waals surface area contributed by atoms with E-state index < -0.39 is 18.0 Å². The third-order valence-electron chi connectivity index (χ3n) is 2.16. The molecule has 86 valence electrons. The quantitative estimate of drug-likeness (QED) is 0.671. The maximum absolute atomic E-state index is 12.6. The highest BCUT2D eigenvalue weighted by atomic mass is 19.4. The Morgan fingerprint density at radius 1 is 1.31 bits per heavy atom. The minimum absolute atomic E-state index is 0.0673. The zero-order valence-corrected chi connectivity index (χ0v) is 7.95. The van der Waals surface area contributed by atoms with Crippen LogP contribution in [0.15, 0.2) is 24.3 Å². The van der Waals surface area contributed by atoms with E-state index >= 15 is 0 Å². The number of hydrogen-bond donors (Lipinski definition) is 2. The van der Waals surface area contributed by atoms with Gasteiger partial charge in [-0.15, -0.1) is 0 Å². The van der Waals surface area contributed by atoms with Gasteiger partial charge in [0, 0.05) is 17.3 Å². The summed E-state index contributed by atoms with van der Waals surface area (Å²) in [6.45, 7) is 0. The molecule has 16 heavy (non-hydrogen) atoms. The molecule has 0 saturated heterocycles. The van der Waals surface area contributed by atoms with E-state index in [0.717, 1.165) is 0 Å². The van der Waals surface area contributed by atoms with Crippen molar-refractivity contribution in [3.63, 3.8) is 0 Å². The van der Waals surface area contributed by atoms with Crippen molar-refractivity contribution in [2.45, 2.75) is 12.5 Å². The fourth-order valence-electron chi connectivity index (χ4n) is 1.50. The van der Waals surface area contributed by atoms with Crippen LogP contribution in [0.4, 0.5) is 18.9 Å². The summed E-state index contributed by atoms with van der Waals surface area (Å²) in [5, 5.41) is 9.14. The van der Waals surface area contributed by atoms with Gasteiger partial charge in [-0.2, -0.15) is 13.2 Å². The van der Waals surface area contributed by atoms with Crippen LogP contribution in [0.3, 0.4) is 0 Å². The first-order chi connectivity index (χ1) is 7.38. The van der Waals surface area contributed by atoms with Crippen LogP contribution in [-0.2, 0) is 0 Å². The van der Waals surface area contributed by atoms with Crippen LogP contribution >= 0.6 is 0 Å². The van der Waals surface area contributed by atoms with Gasteiger partial charge in [-0.25, -0.2) is 0 Å². The number of nitrogens with two attached hydrogens (primary N) is 1. The third-order valence-corrected chi connectivity index (χ3v) is 2.16. The van der Waals surface area contributed by atoms with Crippen molar-refractivity contribution in [3.05, 3.63) is 29.8 Å². The number of allylic oxidation sites excluding steroid dienone is 1. The lowest BCUT2D eigenvalue weighted by molar-refractivity contribution is -0.0729. The number of alkyl halides is 3. The second-order valence-corrected chi connectivity index (χ2v) is 3.34. The Labute approximate surface area is 88.9 Å². The average molecular weight is 231 g/mol. The van der Waals surface area contributed by atoms with Crippen molar-refractivity contribution >= 4 is 11.3 Å². The predicted octanol–water partition coefficient (Wildman–Crippen LogP) is 1.93. The number of hydrogen-bond acceptors (Lipinski definition) is 3. The van der Waals surface area contributed by atoms with E-state index in [1.54, 1.807) is 0 Å². The normalized spacial score (nSPS) is 19.8. The van der Waals surface area contributed by atoms with Crippen molar-refractivity contribution in [1.29, 1.82) is 0 Å². The highest BCUT2D eigenvalue weighted by Crippen LogP contribution is 2.41. The molecule has 0 radical (unpaired) electrons. The number of benzene rings is 1. The maximum atomic E-state index is 12.6. The Kier molecular flexibility index (Phi) is 2.31. The first kappa shape index (κ1) is 10.8. The highest BCUT2D eigenvalue weighted by molar-refractivity contribution is 5.77. The fourth-order valence-corrected chi connectivity index (χ4v) is 1.50. The molecular weight excluding hydrogens is 223 g/mol. The third kappa shape index (κ3) is 1.83. The van der Waals surface area contributed by atoms with Crippen LogP contribution in [0.2, 0.25) is 0 Å². The van der Waals surface area contributed by atoms with Gasteiger partial charge >= 0.3 is 6.18 Å². The largest absolute Gasteiger partial charge is 0.461 e. The fraction of sp³-hybridized carbons (Fsp3) is 0.200. The lowest BCUT2D eigenvalue weighted by atomic mass is 10.0. The molecular formula is C10H8F3NO2. The smallest absolute Gasteiger partial charge is 0.417 e. The van der Waals surface area contributed by atoms with Gasteiger partial charge in [0.15, 0.2) is 0 Å². The zero-order chi connectivity index (χ0) is 11.9. The number of anilines is 1. The molecule has 3 nitrogen and oxygen atoms in total. The summed E-state index contributed by atoms with van der Waals surface area (Å²) in [7, 11) is 0. The van der Waals surface area contributed by atoms with Gasteiger partial charge in [0.1, 0.15) is 5.75 Å². The molecule has 0 amide bonds. The average Bonchev–Trinajstić information content (AvgIpc) is 2.14. The van der Waals surface area contributed by atoms with E-state index in [1.807, 2.05) is 0 Å². The number of nitrogen functional groups attached to an aromatic ring is 1. The van der Waals surface area contributed by atoms with Crippen LogP contribution in [-0.4, -0.2) is 17.6 Å². The molecule has 0 aromatic heterocycles. The van der Waals surface area contributed by atoms with Crippen molar-refractivity contribution in [2.75, 3.05) is 5.73 Å². The summed E-state index contributed by atoms with van der Waals surface area (Å²) in [6.07, 6.45) is -5.51. The number of ether oxygens (including phenoxy) is 1. The van der Waals surface area contributed by atoms with Crippen molar-refractivity contribution < 1.29 is 23.0 Å². The van der Waals surface area contributed by atoms with Gasteiger partial charge in [0.25, 0.3) is 0 Å². The van der Waals surface area contributed by atoms with Gasteiger partial charge in [0.2, 0.25) is 6.29 Å². The zero-order valence-electron chi connectivity index (χ0n) is 7.95. The molecule has 0 saturated carbocycles. The van der Waals surface area contributed by atoms with Gasteiger partial charge < -0.3 is 15.6 Å². The molecule has 3 N–H and O–H groups in total. The molecule has 1 aliphatic heterocycles. The molecule has 1 aromatic carbocycles. The lowest BCUT2D eigenvalue weighted by Crippen LogP contribution is -2.23. The topological polar surface area (TPSA) is 55.5 Å². The monoisotopic (exact) mass is 231 g/mol. The van der Waals surface area contributed by atoms with Crippen molar-refractivity contribution in [3.8, 4) is 5.75 Å². The van der Waals surface area contributed by atoms with Gasteiger partial charge in [-0.1, -0.05) is 0 Å². The highest BCUT2D eigenvalue weighted by Gasteiger charge is 2.39. The van der Waals surface area contributed by atoms with E-state index in [0.29, 0.717) is 6.08 Å². The van der Waals surface area contributed by atoms with Gasteiger partial charge in [0.05, 0.1) is 5.57 Å². The maximum Gasteiger partial charge on any atom is 0.417 e. The predicted molar refractivity (Wildman–Crippen MR) is 51.5 cm³/mol. The summed E-state index contributed by atoms with van der Waals surface area (Å²) < 4.78 is 42.7. The Morgan fingerprint density at radius 2 is 2.00 bits per heavy atom. The van der Waals surface area contributed by atoms with Crippen LogP contribution < -0.4 is 10.5 Å². The van der Waals surface area contributed by atoms with Crippen LogP contribution in [0, 0.1) is 0 Å². The number of halogens is 3. The molecule has 6 heteroatoms. The molecule has 0 aliphatic carbocycles. The summed E-state index contributed by atoms with van der Waals surface area (Å²) in [5.74, 6) is -0.0673. The summed E-state index contributed by atoms with van der Waals surface area (Å²) in [6, 6.07) is 3.81. The van der Waals surface area contributed by atoms with E-state index in [9.17, 15) is 13.2 Å². The Morgan fingerprint density at radius 3 is 2.62 bits per heavy atom. The number of rotatable bonds is 0. The SMILES string of the molecule is Nc1ccc2c(c1)OC(O)C=C2C(F)(F)F. The molecule has 2 rings (SSSR count). The Balaban J connectivity index is 2.56. The molecule has 1 atom stereocenters. The first-order valence-corrected chi connectivity index (χ1v) is 4.41. The molecule has 0 bridgehead atoms. The first-order valence-electron chi connectivity index (χ1n) is 4.41.